The zero-order chi connectivity index (χ0) is 6.62. The van der Waals surface area contributed by atoms with Crippen LogP contribution in [0, 0.1) is 0 Å². The first kappa shape index (κ1) is 8.02. The Morgan fingerprint density at radius 2 is 2.12 bits per heavy atom. The summed E-state index contributed by atoms with van der Waals surface area (Å²) < 4.78 is 7.99. The van der Waals surface area contributed by atoms with Crippen molar-refractivity contribution in [3.8, 4) is 0 Å². The Morgan fingerprint density at radius 1 is 1.62 bits per heavy atom. The van der Waals surface area contributed by atoms with Gasteiger partial charge >= 0.3 is 9.05 Å². The second-order valence-electron chi connectivity index (χ2n) is 1.10. The highest BCUT2D eigenvalue weighted by Gasteiger charge is 2.34. The summed E-state index contributed by atoms with van der Waals surface area (Å²) in [4.78, 5) is 16.9. The third kappa shape index (κ3) is 3.08. The van der Waals surface area contributed by atoms with Crippen LogP contribution in [0.5, 0.6) is 0 Å². The van der Waals surface area contributed by atoms with Gasteiger partial charge in [-0.1, -0.05) is 0 Å². The highest BCUT2D eigenvalue weighted by molar-refractivity contribution is 6.50. The number of hydrogen-bond acceptors (Lipinski definition) is 5. The first-order valence-corrected chi connectivity index (χ1v) is 3.80. The molecule has 0 amide bonds. The van der Waals surface area contributed by atoms with Gasteiger partial charge in [-0.05, 0) is 6.92 Å². The summed E-state index contributed by atoms with van der Waals surface area (Å²) in [5.74, 6) is 4.43. The molecule has 0 radical (unpaired) electrons. The van der Waals surface area contributed by atoms with Gasteiger partial charge in [0.15, 0.2) is 0 Å². The fourth-order valence-electron chi connectivity index (χ4n) is 0.222. The van der Waals surface area contributed by atoms with Crippen molar-refractivity contribution in [1.29, 1.82) is 0 Å². The van der Waals surface area contributed by atoms with Gasteiger partial charge in [0.25, 0.3) is 0 Å². The summed E-state index contributed by atoms with van der Waals surface area (Å²) in [7, 11) is -3.90. The van der Waals surface area contributed by atoms with Gasteiger partial charge in [-0.2, -0.15) is 0 Å². The molecule has 6 heteroatoms. The van der Waals surface area contributed by atoms with E-state index >= 15 is 0 Å². The molecular formula is C2H9NO4Si. The van der Waals surface area contributed by atoms with E-state index in [2.05, 4.69) is 14.8 Å². The van der Waals surface area contributed by atoms with Crippen LogP contribution in [0.3, 0.4) is 0 Å². The van der Waals surface area contributed by atoms with Crippen LogP contribution < -0.4 is 5.90 Å². The van der Waals surface area contributed by atoms with E-state index in [1.807, 2.05) is 0 Å². The van der Waals surface area contributed by atoms with E-state index in [4.69, 9.17) is 9.59 Å². The molecule has 0 fully saturated rings. The third-order valence-corrected chi connectivity index (χ3v) is 1.46. The Balaban J connectivity index is 3.37. The van der Waals surface area contributed by atoms with E-state index in [0.29, 0.717) is 0 Å². The average molecular weight is 139 g/mol. The molecule has 5 nitrogen and oxygen atoms in total. The Kier molecular flexibility index (Phi) is 3.13. The molecular weight excluding hydrogens is 130 g/mol. The molecule has 8 heavy (non-hydrogen) atoms. The molecule has 50 valence electrons. The molecule has 0 aliphatic carbocycles. The van der Waals surface area contributed by atoms with Crippen molar-refractivity contribution in [1.82, 2.24) is 0 Å². The average Bonchev–Trinajstić information content (AvgIpc) is 1.67. The summed E-state index contributed by atoms with van der Waals surface area (Å²) in [6.45, 7) is 1.78. The minimum atomic E-state index is -3.90. The quantitative estimate of drug-likeness (QED) is 0.321. The van der Waals surface area contributed by atoms with Crippen LogP contribution in [0.1, 0.15) is 6.92 Å². The van der Waals surface area contributed by atoms with Crippen molar-refractivity contribution in [2.75, 3.05) is 6.61 Å². The molecule has 0 rings (SSSR count). The van der Waals surface area contributed by atoms with Gasteiger partial charge in [0.1, 0.15) is 0 Å². The van der Waals surface area contributed by atoms with Gasteiger partial charge in [-0.15, -0.1) is 0 Å². The first-order chi connectivity index (χ1) is 3.62. The van der Waals surface area contributed by atoms with Gasteiger partial charge in [0.05, 0.1) is 0 Å². The standard InChI is InChI=1S/C2H9NO4Si/c1-2-6-8(4,5)7-3/h4-5H,2-3H2,1H3. The largest absolute Gasteiger partial charge is 0.691 e. The number of rotatable bonds is 3. The second kappa shape index (κ2) is 3.12. The van der Waals surface area contributed by atoms with Crippen molar-refractivity contribution >= 4 is 9.05 Å². The van der Waals surface area contributed by atoms with Crippen LogP contribution in [0.4, 0.5) is 0 Å². The van der Waals surface area contributed by atoms with Crippen LogP contribution in [0.25, 0.3) is 0 Å². The highest BCUT2D eigenvalue weighted by atomic mass is 28.4. The lowest BCUT2D eigenvalue weighted by atomic mass is 10.9. The molecule has 0 bridgehead atoms. The zero-order valence-electron chi connectivity index (χ0n) is 4.50. The van der Waals surface area contributed by atoms with Crippen LogP contribution >= 0.6 is 0 Å². The number of hydrogen-bond donors (Lipinski definition) is 3. The minimum absolute atomic E-state index is 0.177. The minimum Gasteiger partial charge on any atom is -0.367 e. The lowest BCUT2D eigenvalue weighted by Crippen LogP contribution is -2.45. The van der Waals surface area contributed by atoms with Crippen LogP contribution in [-0.2, 0) is 8.95 Å². The molecule has 0 aromatic rings. The normalized spacial score (nSPS) is 12.0. The maximum atomic E-state index is 8.45. The summed E-state index contributed by atoms with van der Waals surface area (Å²) in [5, 5.41) is 0. The van der Waals surface area contributed by atoms with Crippen LogP contribution in [0.15, 0.2) is 0 Å². The van der Waals surface area contributed by atoms with Crippen molar-refractivity contribution in [3.63, 3.8) is 0 Å². The van der Waals surface area contributed by atoms with Gasteiger partial charge in [0.2, 0.25) is 0 Å². The second-order valence-corrected chi connectivity index (χ2v) is 2.72. The molecule has 0 atom stereocenters. The lowest BCUT2D eigenvalue weighted by Gasteiger charge is -2.10. The first-order valence-electron chi connectivity index (χ1n) is 2.09. The van der Waals surface area contributed by atoms with Crippen molar-refractivity contribution in [3.05, 3.63) is 0 Å². The topological polar surface area (TPSA) is 84.9 Å². The number of nitrogens with two attached hydrogens (primary N) is 1. The highest BCUT2D eigenvalue weighted by Crippen LogP contribution is 1.91. The molecule has 0 heterocycles. The van der Waals surface area contributed by atoms with E-state index in [-0.39, 0.29) is 6.61 Å². The Labute approximate surface area is 48.1 Å². The maximum Gasteiger partial charge on any atom is 0.691 e. The van der Waals surface area contributed by atoms with Gasteiger partial charge in [-0.25, -0.2) is 5.90 Å². The fourth-order valence-corrected chi connectivity index (χ4v) is 0.666. The summed E-state index contributed by atoms with van der Waals surface area (Å²) in [5.41, 5.74) is 0. The van der Waals surface area contributed by atoms with E-state index in [0.717, 1.165) is 0 Å². The van der Waals surface area contributed by atoms with Crippen LogP contribution in [0.2, 0.25) is 0 Å². The Morgan fingerprint density at radius 3 is 2.25 bits per heavy atom. The molecule has 0 aliphatic heterocycles. The Hall–Kier alpha value is 0.0169. The smallest absolute Gasteiger partial charge is 0.367 e. The van der Waals surface area contributed by atoms with Crippen molar-refractivity contribution in [2.24, 2.45) is 5.90 Å². The van der Waals surface area contributed by atoms with Gasteiger partial charge in [-0.3, -0.25) is 4.53 Å². The molecule has 0 unspecified atom stereocenters. The van der Waals surface area contributed by atoms with E-state index in [1.54, 1.807) is 6.92 Å². The zero-order valence-corrected chi connectivity index (χ0v) is 5.50. The molecule has 0 saturated heterocycles. The van der Waals surface area contributed by atoms with Crippen molar-refractivity contribution in [2.45, 2.75) is 6.92 Å². The molecule has 0 aromatic carbocycles. The summed E-state index contributed by atoms with van der Waals surface area (Å²) in [6, 6.07) is 0. The Bertz CT molecular complexity index is 67.1. The molecule has 0 aliphatic rings. The molecule has 0 spiro atoms. The maximum absolute atomic E-state index is 8.45. The van der Waals surface area contributed by atoms with E-state index in [9.17, 15) is 0 Å². The van der Waals surface area contributed by atoms with E-state index in [1.165, 1.54) is 0 Å². The van der Waals surface area contributed by atoms with Crippen LogP contribution in [-0.4, -0.2) is 25.2 Å². The predicted octanol–water partition coefficient (Wildman–Crippen LogP) is -1.67. The summed E-state index contributed by atoms with van der Waals surface area (Å²) >= 11 is 0. The van der Waals surface area contributed by atoms with Gasteiger partial charge < -0.3 is 14.0 Å². The monoisotopic (exact) mass is 139 g/mol. The SMILES string of the molecule is CCO[Si](O)(O)ON. The molecule has 0 saturated carbocycles. The van der Waals surface area contributed by atoms with Gasteiger partial charge in [0, 0.05) is 6.61 Å². The third-order valence-electron chi connectivity index (χ3n) is 0.486. The molecule has 4 N–H and O–H groups in total. The molecule has 0 aromatic heterocycles. The summed E-state index contributed by atoms with van der Waals surface area (Å²) in [6.07, 6.45) is 0. The fraction of sp³-hybridized carbons (Fsp3) is 1.00. The predicted molar refractivity (Wildman–Crippen MR) is 27.1 cm³/mol. The van der Waals surface area contributed by atoms with E-state index < -0.39 is 9.05 Å². The van der Waals surface area contributed by atoms with Crippen molar-refractivity contribution < 1.29 is 18.5 Å². The lowest BCUT2D eigenvalue weighted by molar-refractivity contribution is 0.0274.